The summed E-state index contributed by atoms with van der Waals surface area (Å²) in [4.78, 5) is 39.3. The highest BCUT2D eigenvalue weighted by Crippen LogP contribution is 2.27. The molecule has 1 fully saturated rings. The third-order valence-electron chi connectivity index (χ3n) is 5.50. The highest BCUT2D eigenvalue weighted by Gasteiger charge is 2.39. The summed E-state index contributed by atoms with van der Waals surface area (Å²) < 4.78 is 63.5. The lowest BCUT2D eigenvalue weighted by Crippen LogP contribution is -2.50. The van der Waals surface area contributed by atoms with Crippen molar-refractivity contribution in [2.45, 2.75) is 70.4 Å². The molecular formula is C24H31F6N7O5. The van der Waals surface area contributed by atoms with Crippen LogP contribution in [0, 0.1) is 12.3 Å². The number of guanidine groups is 1. The number of aliphatic carboxylic acids is 2. The Kier molecular flexibility index (Phi) is 13.2. The molecule has 2 aromatic rings. The number of aromatic nitrogens is 2. The van der Waals surface area contributed by atoms with Crippen LogP contribution < -0.4 is 21.7 Å². The fourth-order valence-electron chi connectivity index (χ4n) is 3.62. The largest absolute Gasteiger partial charge is 0.490 e. The molecule has 42 heavy (non-hydrogen) atoms. The number of benzene rings is 1. The predicted octanol–water partition coefficient (Wildman–Crippen LogP) is 3.55. The van der Waals surface area contributed by atoms with Crippen LogP contribution in [0.1, 0.15) is 55.2 Å². The van der Waals surface area contributed by atoms with Crippen molar-refractivity contribution in [1.82, 2.24) is 20.6 Å². The molecule has 2 atom stereocenters. The van der Waals surface area contributed by atoms with E-state index >= 15 is 0 Å². The maximum Gasteiger partial charge on any atom is 0.490 e. The number of carboxylic acids is 2. The fraction of sp³-hybridized carbons (Fsp3) is 0.500. The lowest BCUT2D eigenvalue weighted by atomic mass is 9.90. The number of nitrogens with zero attached hydrogens (tertiary/aromatic N) is 2. The number of hydrogen-bond donors (Lipinski definition) is 7. The van der Waals surface area contributed by atoms with Gasteiger partial charge in [-0.3, -0.25) is 10.2 Å². The summed E-state index contributed by atoms with van der Waals surface area (Å²) in [6.45, 7) is 4.61. The zero-order valence-electron chi connectivity index (χ0n) is 22.5. The summed E-state index contributed by atoms with van der Waals surface area (Å²) in [6, 6.07) is 6.05. The average Bonchev–Trinajstić information content (AvgIpc) is 2.87. The molecule has 2 unspecified atom stereocenters. The molecule has 3 rings (SSSR count). The number of halogens is 6. The van der Waals surface area contributed by atoms with Crippen LogP contribution in [-0.2, 0) is 9.59 Å². The number of anilines is 1. The van der Waals surface area contributed by atoms with E-state index in [9.17, 15) is 31.1 Å². The lowest BCUT2D eigenvalue weighted by Gasteiger charge is -2.33. The standard InChI is InChI=1S/C20H29N7O.2C2HF3O2/c1-3-10-23-19(28)18-24-14-9-8-12(2)11-13(14)17(27-18)25-15-6-4-5-7-16(15)26-20(21)22;2*3-2(4,5)1(6)7/h8-9,11,15-16H,3-7,10H2,1-2H3,(H,23,28)(H4,21,22,26)(H,24,25,27);2*(H,6,7). The van der Waals surface area contributed by atoms with Crippen LogP contribution in [0.2, 0.25) is 0 Å². The first-order valence-corrected chi connectivity index (χ1v) is 12.4. The Bertz CT molecular complexity index is 1230. The van der Waals surface area contributed by atoms with Gasteiger partial charge in [0.2, 0.25) is 5.82 Å². The molecule has 0 bridgehead atoms. The molecule has 0 aliphatic heterocycles. The fourth-order valence-corrected chi connectivity index (χ4v) is 3.62. The van der Waals surface area contributed by atoms with Gasteiger partial charge in [0.1, 0.15) is 5.82 Å². The SMILES string of the molecule is CCCNC(=O)c1nc(NC2CCCCC2NC(=N)N)c2cc(C)ccc2n1.O=C(O)C(F)(F)F.O=C(O)C(F)(F)F. The van der Waals surface area contributed by atoms with E-state index in [-0.39, 0.29) is 29.8 Å². The van der Waals surface area contributed by atoms with Gasteiger partial charge in [0.05, 0.1) is 5.52 Å². The van der Waals surface area contributed by atoms with E-state index in [2.05, 4.69) is 25.9 Å². The Balaban J connectivity index is 0.000000522. The number of carbonyl (C=O) groups is 3. The van der Waals surface area contributed by atoms with Gasteiger partial charge in [-0.2, -0.15) is 26.3 Å². The number of alkyl halides is 6. The van der Waals surface area contributed by atoms with Gasteiger partial charge in [-0.1, -0.05) is 31.4 Å². The molecule has 1 aliphatic carbocycles. The van der Waals surface area contributed by atoms with Crippen LogP contribution >= 0.6 is 0 Å². The number of fused-ring (bicyclic) bond motifs is 1. The summed E-state index contributed by atoms with van der Waals surface area (Å²) in [7, 11) is 0. The number of amides is 1. The third kappa shape index (κ3) is 12.0. The Hall–Kier alpha value is -4.38. The van der Waals surface area contributed by atoms with E-state index in [1.807, 2.05) is 32.0 Å². The normalized spacial score (nSPS) is 16.6. The Morgan fingerprint density at radius 2 is 1.52 bits per heavy atom. The van der Waals surface area contributed by atoms with Crippen molar-refractivity contribution in [3.05, 3.63) is 29.6 Å². The maximum atomic E-state index is 12.4. The Morgan fingerprint density at radius 3 is 2.00 bits per heavy atom. The zero-order valence-corrected chi connectivity index (χ0v) is 22.5. The van der Waals surface area contributed by atoms with E-state index in [4.69, 9.17) is 30.9 Å². The number of aryl methyl sites for hydroxylation is 1. The van der Waals surface area contributed by atoms with Crippen molar-refractivity contribution in [2.75, 3.05) is 11.9 Å². The Morgan fingerprint density at radius 1 is 1.00 bits per heavy atom. The van der Waals surface area contributed by atoms with E-state index < -0.39 is 24.3 Å². The predicted molar refractivity (Wildman–Crippen MR) is 139 cm³/mol. The summed E-state index contributed by atoms with van der Waals surface area (Å²) in [6.07, 6.45) is -5.25. The van der Waals surface area contributed by atoms with Gasteiger partial charge in [-0.25, -0.2) is 19.6 Å². The molecule has 1 amide bonds. The topological polar surface area (TPSA) is 203 Å². The smallest absolute Gasteiger partial charge is 0.475 e. The van der Waals surface area contributed by atoms with E-state index in [1.165, 1.54) is 0 Å². The maximum absolute atomic E-state index is 12.4. The monoisotopic (exact) mass is 611 g/mol. The van der Waals surface area contributed by atoms with Crippen LogP contribution in [0.15, 0.2) is 18.2 Å². The summed E-state index contributed by atoms with van der Waals surface area (Å²) in [5, 5.41) is 32.1. The second-order valence-corrected chi connectivity index (χ2v) is 8.98. The second-order valence-electron chi connectivity index (χ2n) is 8.98. The van der Waals surface area contributed by atoms with Crippen molar-refractivity contribution >= 4 is 40.5 Å². The molecule has 1 heterocycles. The van der Waals surface area contributed by atoms with Gasteiger partial charge in [-0.15, -0.1) is 0 Å². The quantitative estimate of drug-likeness (QED) is 0.144. The van der Waals surface area contributed by atoms with E-state index in [1.54, 1.807) is 0 Å². The molecule has 8 N–H and O–H groups in total. The number of carbonyl (C=O) groups excluding carboxylic acids is 1. The second kappa shape index (κ2) is 15.6. The van der Waals surface area contributed by atoms with Gasteiger partial charge < -0.3 is 31.9 Å². The number of rotatable bonds is 6. The average molecular weight is 612 g/mol. The first kappa shape index (κ1) is 35.6. The van der Waals surface area contributed by atoms with Crippen molar-refractivity contribution in [3.8, 4) is 0 Å². The highest BCUT2D eigenvalue weighted by molar-refractivity contribution is 5.96. The van der Waals surface area contributed by atoms with Crippen LogP contribution in [0.25, 0.3) is 10.9 Å². The lowest BCUT2D eigenvalue weighted by molar-refractivity contribution is -0.193. The van der Waals surface area contributed by atoms with Gasteiger partial charge in [0, 0.05) is 24.0 Å². The molecule has 1 aromatic carbocycles. The highest BCUT2D eigenvalue weighted by atomic mass is 19.4. The molecule has 0 spiro atoms. The summed E-state index contributed by atoms with van der Waals surface area (Å²) in [5.74, 6) is -4.99. The Labute approximate surface area is 235 Å². The van der Waals surface area contributed by atoms with Crippen LogP contribution in [0.4, 0.5) is 32.2 Å². The van der Waals surface area contributed by atoms with Crippen LogP contribution in [-0.4, -0.2) is 75.0 Å². The van der Waals surface area contributed by atoms with Gasteiger partial charge in [-0.05, 0) is 38.3 Å². The van der Waals surface area contributed by atoms with Gasteiger partial charge >= 0.3 is 24.3 Å². The van der Waals surface area contributed by atoms with Gasteiger partial charge in [0.15, 0.2) is 5.96 Å². The molecule has 234 valence electrons. The minimum Gasteiger partial charge on any atom is -0.475 e. The summed E-state index contributed by atoms with van der Waals surface area (Å²) in [5.41, 5.74) is 7.40. The van der Waals surface area contributed by atoms with E-state index in [0.29, 0.717) is 12.4 Å². The minimum absolute atomic E-state index is 0.0262. The molecule has 1 aromatic heterocycles. The first-order valence-electron chi connectivity index (χ1n) is 12.4. The third-order valence-corrected chi connectivity index (χ3v) is 5.50. The molecule has 12 nitrogen and oxygen atoms in total. The number of nitrogens with one attached hydrogen (secondary N) is 4. The first-order chi connectivity index (χ1) is 19.4. The van der Waals surface area contributed by atoms with Crippen molar-refractivity contribution < 1.29 is 50.9 Å². The molecule has 1 aliphatic rings. The molecule has 0 radical (unpaired) electrons. The van der Waals surface area contributed by atoms with Crippen molar-refractivity contribution in [3.63, 3.8) is 0 Å². The van der Waals surface area contributed by atoms with Gasteiger partial charge in [0.25, 0.3) is 5.91 Å². The molecule has 1 saturated carbocycles. The van der Waals surface area contributed by atoms with Crippen LogP contribution in [0.3, 0.4) is 0 Å². The molecule has 18 heteroatoms. The minimum atomic E-state index is -5.08. The number of hydrogen-bond acceptors (Lipinski definition) is 7. The van der Waals surface area contributed by atoms with Crippen LogP contribution in [0.5, 0.6) is 0 Å². The number of nitrogens with two attached hydrogens (primary N) is 1. The van der Waals surface area contributed by atoms with Crippen molar-refractivity contribution in [1.29, 1.82) is 5.41 Å². The summed E-state index contributed by atoms with van der Waals surface area (Å²) >= 11 is 0. The molecule has 0 saturated heterocycles. The number of carboxylic acid groups (broad SMARTS) is 2. The van der Waals surface area contributed by atoms with Crippen molar-refractivity contribution in [2.24, 2.45) is 5.73 Å². The zero-order chi connectivity index (χ0) is 32.3. The van der Waals surface area contributed by atoms with E-state index in [0.717, 1.165) is 48.6 Å². The molecular weight excluding hydrogens is 580 g/mol.